The van der Waals surface area contributed by atoms with Crippen LogP contribution < -0.4 is 10.1 Å². The third kappa shape index (κ3) is 3.33. The third-order valence-electron chi connectivity index (χ3n) is 3.69. The molecule has 1 aromatic heterocycles. The Morgan fingerprint density at radius 2 is 2.20 bits per heavy atom. The number of para-hydroxylation sites is 1. The van der Waals surface area contributed by atoms with Crippen molar-refractivity contribution >= 4 is 17.8 Å². The fraction of sp³-hybridized carbons (Fsp3) is 0.353. The molecule has 1 aromatic carbocycles. The molecule has 7 nitrogen and oxygen atoms in total. The van der Waals surface area contributed by atoms with Gasteiger partial charge in [-0.05, 0) is 13.0 Å². The molecule has 0 bridgehead atoms. The lowest BCUT2D eigenvalue weighted by Crippen LogP contribution is -2.32. The van der Waals surface area contributed by atoms with Crippen LogP contribution in [-0.2, 0) is 22.4 Å². The number of nitrogens with zero attached hydrogens (tertiary/aromatic N) is 1. The van der Waals surface area contributed by atoms with Crippen LogP contribution in [0.1, 0.15) is 35.8 Å². The third-order valence-corrected chi connectivity index (χ3v) is 3.69. The Bertz CT molecular complexity index is 817. The molecule has 1 amide bonds. The van der Waals surface area contributed by atoms with Gasteiger partial charge in [0.15, 0.2) is 23.6 Å². The molecule has 132 valence electrons. The minimum absolute atomic E-state index is 0.0695. The number of aromatic nitrogens is 1. The van der Waals surface area contributed by atoms with Gasteiger partial charge in [-0.1, -0.05) is 19.1 Å². The number of carbonyl (C=O) groups is 2. The number of anilines is 1. The van der Waals surface area contributed by atoms with Crippen molar-refractivity contribution in [1.29, 1.82) is 0 Å². The van der Waals surface area contributed by atoms with Crippen molar-refractivity contribution in [1.82, 2.24) is 4.98 Å². The number of rotatable bonds is 5. The fourth-order valence-corrected chi connectivity index (χ4v) is 2.51. The van der Waals surface area contributed by atoms with Crippen molar-refractivity contribution in [3.05, 3.63) is 41.2 Å². The predicted octanol–water partition coefficient (Wildman–Crippen LogP) is 2.50. The van der Waals surface area contributed by atoms with E-state index in [2.05, 4.69) is 10.3 Å². The molecular weight excluding hydrogens is 331 g/mol. The fourth-order valence-electron chi connectivity index (χ4n) is 2.51. The highest BCUT2D eigenvalue weighted by atomic mass is 19.1. The Kier molecular flexibility index (Phi) is 4.69. The van der Waals surface area contributed by atoms with E-state index >= 15 is 0 Å². The van der Waals surface area contributed by atoms with Gasteiger partial charge in [-0.15, -0.1) is 0 Å². The van der Waals surface area contributed by atoms with E-state index in [0.717, 1.165) is 0 Å². The quantitative estimate of drug-likeness (QED) is 0.835. The molecule has 2 heterocycles. The molecule has 3 rings (SSSR count). The number of oxazole rings is 1. The number of amides is 1. The molecule has 0 spiro atoms. The SMILES string of the molecule is CCOC(=O)c1nc(CC)oc1NC(=O)[C@H]1Cc2cccc(F)c2O1. The second kappa shape index (κ2) is 6.92. The maximum absolute atomic E-state index is 13.7. The highest BCUT2D eigenvalue weighted by molar-refractivity contribution is 6.00. The molecule has 0 radical (unpaired) electrons. The van der Waals surface area contributed by atoms with Crippen molar-refractivity contribution in [2.24, 2.45) is 0 Å². The van der Waals surface area contributed by atoms with Gasteiger partial charge in [0.1, 0.15) is 0 Å². The van der Waals surface area contributed by atoms with Crippen LogP contribution >= 0.6 is 0 Å². The molecule has 0 fully saturated rings. The van der Waals surface area contributed by atoms with Crippen molar-refractivity contribution in [2.75, 3.05) is 11.9 Å². The average Bonchev–Trinajstić information content (AvgIpc) is 3.20. The number of hydrogen-bond acceptors (Lipinski definition) is 6. The van der Waals surface area contributed by atoms with Crippen molar-refractivity contribution < 1.29 is 27.9 Å². The number of fused-ring (bicyclic) bond motifs is 1. The van der Waals surface area contributed by atoms with Crippen LogP contribution in [0.2, 0.25) is 0 Å². The molecule has 0 saturated heterocycles. The zero-order valence-electron chi connectivity index (χ0n) is 13.8. The second-order valence-electron chi connectivity index (χ2n) is 5.39. The van der Waals surface area contributed by atoms with E-state index in [4.69, 9.17) is 13.9 Å². The van der Waals surface area contributed by atoms with E-state index in [1.165, 1.54) is 6.07 Å². The molecule has 1 aliphatic rings. The van der Waals surface area contributed by atoms with Gasteiger partial charge in [0.2, 0.25) is 11.6 Å². The minimum atomic E-state index is -0.919. The smallest absolute Gasteiger partial charge is 0.362 e. The summed E-state index contributed by atoms with van der Waals surface area (Å²) in [4.78, 5) is 28.4. The number of nitrogens with one attached hydrogen (secondary N) is 1. The number of aryl methyl sites for hydroxylation is 1. The molecule has 2 aromatic rings. The Balaban J connectivity index is 1.77. The van der Waals surface area contributed by atoms with E-state index < -0.39 is 23.8 Å². The van der Waals surface area contributed by atoms with E-state index in [-0.39, 0.29) is 30.4 Å². The summed E-state index contributed by atoms with van der Waals surface area (Å²) in [5.74, 6) is -1.50. The number of esters is 1. The van der Waals surface area contributed by atoms with Gasteiger partial charge in [-0.2, -0.15) is 0 Å². The van der Waals surface area contributed by atoms with Crippen molar-refractivity contribution in [3.8, 4) is 5.75 Å². The van der Waals surface area contributed by atoms with Crippen LogP contribution in [-0.4, -0.2) is 29.6 Å². The number of halogens is 1. The molecule has 0 unspecified atom stereocenters. The van der Waals surface area contributed by atoms with E-state index in [1.807, 2.05) is 0 Å². The zero-order valence-corrected chi connectivity index (χ0v) is 13.8. The molecule has 0 aliphatic carbocycles. The summed E-state index contributed by atoms with van der Waals surface area (Å²) in [7, 11) is 0. The monoisotopic (exact) mass is 348 g/mol. The van der Waals surface area contributed by atoms with E-state index in [1.54, 1.807) is 26.0 Å². The van der Waals surface area contributed by atoms with Crippen LogP contribution in [0.3, 0.4) is 0 Å². The maximum Gasteiger partial charge on any atom is 0.362 e. The Morgan fingerprint density at radius 1 is 1.40 bits per heavy atom. The van der Waals surface area contributed by atoms with Crippen LogP contribution in [0.5, 0.6) is 5.75 Å². The first-order valence-corrected chi connectivity index (χ1v) is 7.95. The van der Waals surface area contributed by atoms with Crippen LogP contribution in [0.15, 0.2) is 22.6 Å². The number of ether oxygens (including phenoxy) is 2. The summed E-state index contributed by atoms with van der Waals surface area (Å²) < 4.78 is 29.4. The topological polar surface area (TPSA) is 90.7 Å². The van der Waals surface area contributed by atoms with Crippen molar-refractivity contribution in [3.63, 3.8) is 0 Å². The summed E-state index contributed by atoms with van der Waals surface area (Å²) in [5.41, 5.74) is 0.506. The normalized spacial score (nSPS) is 15.4. The first kappa shape index (κ1) is 16.9. The first-order valence-electron chi connectivity index (χ1n) is 7.95. The predicted molar refractivity (Wildman–Crippen MR) is 85.0 cm³/mol. The summed E-state index contributed by atoms with van der Waals surface area (Å²) in [6.45, 7) is 3.63. The highest BCUT2D eigenvalue weighted by Crippen LogP contribution is 2.32. The highest BCUT2D eigenvalue weighted by Gasteiger charge is 2.33. The number of hydrogen-bond donors (Lipinski definition) is 1. The summed E-state index contributed by atoms with van der Waals surface area (Å²) >= 11 is 0. The number of carbonyl (C=O) groups excluding carboxylic acids is 2. The molecule has 1 N–H and O–H groups in total. The molecule has 25 heavy (non-hydrogen) atoms. The Hall–Kier alpha value is -2.90. The summed E-state index contributed by atoms with van der Waals surface area (Å²) in [6.07, 6.45) is -0.251. The molecule has 0 saturated carbocycles. The second-order valence-corrected chi connectivity index (χ2v) is 5.39. The van der Waals surface area contributed by atoms with Gasteiger partial charge >= 0.3 is 5.97 Å². The lowest BCUT2D eigenvalue weighted by atomic mass is 10.1. The first-order chi connectivity index (χ1) is 12.0. The van der Waals surface area contributed by atoms with Gasteiger partial charge < -0.3 is 13.9 Å². The van der Waals surface area contributed by atoms with Gasteiger partial charge in [-0.3, -0.25) is 10.1 Å². The van der Waals surface area contributed by atoms with Gasteiger partial charge in [-0.25, -0.2) is 14.2 Å². The lowest BCUT2D eigenvalue weighted by Gasteiger charge is -2.10. The Labute approximate surface area is 143 Å². The van der Waals surface area contributed by atoms with Crippen LogP contribution in [0, 0.1) is 5.82 Å². The van der Waals surface area contributed by atoms with Crippen molar-refractivity contribution in [2.45, 2.75) is 32.8 Å². The molecule has 8 heteroatoms. The Morgan fingerprint density at radius 3 is 2.88 bits per heavy atom. The maximum atomic E-state index is 13.7. The van der Waals surface area contributed by atoms with Gasteiger partial charge in [0.05, 0.1) is 6.61 Å². The van der Waals surface area contributed by atoms with Gasteiger partial charge in [0, 0.05) is 18.4 Å². The molecule has 1 atom stereocenters. The largest absolute Gasteiger partial charge is 0.477 e. The van der Waals surface area contributed by atoms with Gasteiger partial charge in [0.25, 0.3) is 5.91 Å². The van der Waals surface area contributed by atoms with Crippen LogP contribution in [0.4, 0.5) is 10.3 Å². The minimum Gasteiger partial charge on any atom is -0.477 e. The standard InChI is InChI=1S/C17H17FN2O5/c1-3-12-19-13(17(22)23-4-2)16(25-12)20-15(21)11-8-9-6-5-7-10(18)14(9)24-11/h5-7,11H,3-4,8H2,1-2H3,(H,20,21)/t11-/m1/s1. The number of benzene rings is 1. The summed E-state index contributed by atoms with van der Waals surface area (Å²) in [6, 6.07) is 4.52. The lowest BCUT2D eigenvalue weighted by molar-refractivity contribution is -0.122. The van der Waals surface area contributed by atoms with Crippen LogP contribution in [0.25, 0.3) is 0 Å². The average molecular weight is 348 g/mol. The van der Waals surface area contributed by atoms with E-state index in [0.29, 0.717) is 17.9 Å². The van der Waals surface area contributed by atoms with E-state index in [9.17, 15) is 14.0 Å². The molecular formula is C17H17FN2O5. The summed E-state index contributed by atoms with van der Waals surface area (Å²) in [5, 5.41) is 2.48. The molecule has 1 aliphatic heterocycles. The zero-order chi connectivity index (χ0) is 18.0.